The zero-order valence-corrected chi connectivity index (χ0v) is 14.8. The number of carbonyl (C=O) groups excluding carboxylic acids is 1. The third-order valence-corrected chi connectivity index (χ3v) is 5.49. The minimum Gasteiger partial charge on any atom is -0.379 e. The Kier molecular flexibility index (Phi) is 4.43. The van der Waals surface area contributed by atoms with Gasteiger partial charge in [0.1, 0.15) is 0 Å². The lowest BCUT2D eigenvalue weighted by Crippen LogP contribution is -2.17. The predicted molar refractivity (Wildman–Crippen MR) is 99.6 cm³/mol. The highest BCUT2D eigenvalue weighted by molar-refractivity contribution is 5.98. The van der Waals surface area contributed by atoms with Gasteiger partial charge in [-0.05, 0) is 54.2 Å². The minimum absolute atomic E-state index is 0.113. The molecule has 2 heterocycles. The SMILES string of the molecule is CN1Cc2cc(NCc3ccc(C4CCCCC4)cn3)ccc2C1=O. The van der Waals surface area contributed by atoms with Crippen LogP contribution < -0.4 is 5.32 Å². The quantitative estimate of drug-likeness (QED) is 0.904. The number of hydrogen-bond donors (Lipinski definition) is 1. The van der Waals surface area contributed by atoms with Crippen LogP contribution in [0.15, 0.2) is 36.5 Å². The van der Waals surface area contributed by atoms with Crippen molar-refractivity contribution in [3.05, 3.63) is 58.9 Å². The van der Waals surface area contributed by atoms with E-state index in [2.05, 4.69) is 34.7 Å². The van der Waals surface area contributed by atoms with E-state index in [1.165, 1.54) is 37.7 Å². The molecule has 1 saturated carbocycles. The van der Waals surface area contributed by atoms with Crippen LogP contribution in [0.2, 0.25) is 0 Å². The van der Waals surface area contributed by atoms with Gasteiger partial charge >= 0.3 is 0 Å². The smallest absolute Gasteiger partial charge is 0.254 e. The summed E-state index contributed by atoms with van der Waals surface area (Å²) in [6.07, 6.45) is 8.76. The molecular weight excluding hydrogens is 310 g/mol. The standard InChI is InChI=1S/C21H25N3O/c1-24-14-17-11-18(9-10-20(17)21(24)25)23-13-19-8-7-16(12-22-19)15-5-3-2-4-6-15/h7-12,15,23H,2-6,13-14H2,1H3. The third kappa shape index (κ3) is 3.39. The Hall–Kier alpha value is -2.36. The highest BCUT2D eigenvalue weighted by atomic mass is 16.2. The predicted octanol–water partition coefficient (Wildman–Crippen LogP) is 4.33. The first-order chi connectivity index (χ1) is 12.2. The molecule has 0 bridgehead atoms. The number of amides is 1. The minimum atomic E-state index is 0.113. The summed E-state index contributed by atoms with van der Waals surface area (Å²) in [5.74, 6) is 0.816. The lowest BCUT2D eigenvalue weighted by atomic mass is 9.85. The van der Waals surface area contributed by atoms with Crippen LogP contribution in [0.25, 0.3) is 0 Å². The van der Waals surface area contributed by atoms with Crippen LogP contribution in [0.5, 0.6) is 0 Å². The van der Waals surface area contributed by atoms with E-state index in [1.54, 1.807) is 4.90 Å². The number of hydrogen-bond acceptors (Lipinski definition) is 3. The molecule has 0 unspecified atom stereocenters. The second-order valence-electron chi connectivity index (χ2n) is 7.30. The van der Waals surface area contributed by atoms with Crippen molar-refractivity contribution < 1.29 is 4.79 Å². The normalized spacial score (nSPS) is 17.6. The molecule has 0 atom stereocenters. The van der Waals surface area contributed by atoms with Gasteiger partial charge in [0.25, 0.3) is 5.91 Å². The molecule has 4 rings (SSSR count). The molecule has 0 saturated heterocycles. The Morgan fingerprint density at radius 3 is 2.76 bits per heavy atom. The summed E-state index contributed by atoms with van der Waals surface area (Å²) in [5.41, 5.74) is 5.40. The molecule has 1 aliphatic heterocycles. The molecule has 1 aromatic carbocycles. The van der Waals surface area contributed by atoms with Gasteiger partial charge in [0.2, 0.25) is 0 Å². The average molecular weight is 335 g/mol. The van der Waals surface area contributed by atoms with Crippen molar-refractivity contribution in [3.8, 4) is 0 Å². The van der Waals surface area contributed by atoms with E-state index in [0.29, 0.717) is 19.0 Å². The van der Waals surface area contributed by atoms with Crippen molar-refractivity contribution >= 4 is 11.6 Å². The van der Waals surface area contributed by atoms with Crippen molar-refractivity contribution in [2.75, 3.05) is 12.4 Å². The fraction of sp³-hybridized carbons (Fsp3) is 0.429. The topological polar surface area (TPSA) is 45.2 Å². The number of rotatable bonds is 4. The molecule has 1 fully saturated rings. The first-order valence-electron chi connectivity index (χ1n) is 9.28. The van der Waals surface area contributed by atoms with Gasteiger partial charge in [-0.2, -0.15) is 0 Å². The maximum absolute atomic E-state index is 11.9. The molecule has 0 radical (unpaired) electrons. The van der Waals surface area contributed by atoms with Crippen LogP contribution in [-0.4, -0.2) is 22.8 Å². The van der Waals surface area contributed by atoms with E-state index < -0.39 is 0 Å². The Bertz CT molecular complexity index is 763. The molecule has 2 aromatic rings. The number of fused-ring (bicyclic) bond motifs is 1. The van der Waals surface area contributed by atoms with Crippen molar-refractivity contribution in [2.45, 2.75) is 51.1 Å². The van der Waals surface area contributed by atoms with Crippen molar-refractivity contribution in [1.29, 1.82) is 0 Å². The van der Waals surface area contributed by atoms with E-state index in [0.717, 1.165) is 22.5 Å². The third-order valence-electron chi connectivity index (χ3n) is 5.49. The molecular formula is C21H25N3O. The van der Waals surface area contributed by atoms with Gasteiger partial charge in [0.05, 0.1) is 12.2 Å². The number of anilines is 1. The number of pyridine rings is 1. The molecule has 130 valence electrons. The van der Waals surface area contributed by atoms with Crippen molar-refractivity contribution in [1.82, 2.24) is 9.88 Å². The maximum atomic E-state index is 11.9. The first kappa shape index (κ1) is 16.1. The van der Waals surface area contributed by atoms with Gasteiger partial charge < -0.3 is 10.2 Å². The molecule has 4 nitrogen and oxygen atoms in total. The second kappa shape index (κ2) is 6.87. The van der Waals surface area contributed by atoms with Crippen LogP contribution in [-0.2, 0) is 13.1 Å². The summed E-state index contributed by atoms with van der Waals surface area (Å²) in [6.45, 7) is 1.39. The van der Waals surface area contributed by atoms with Crippen LogP contribution in [0.3, 0.4) is 0 Å². The number of benzene rings is 1. The number of nitrogens with zero attached hydrogens (tertiary/aromatic N) is 2. The highest BCUT2D eigenvalue weighted by Crippen LogP contribution is 2.32. The van der Waals surface area contributed by atoms with Crippen LogP contribution in [0.4, 0.5) is 5.69 Å². The second-order valence-corrected chi connectivity index (χ2v) is 7.30. The molecule has 1 aliphatic carbocycles. The van der Waals surface area contributed by atoms with E-state index in [-0.39, 0.29) is 5.91 Å². The van der Waals surface area contributed by atoms with E-state index in [4.69, 9.17) is 0 Å². The van der Waals surface area contributed by atoms with E-state index >= 15 is 0 Å². The lowest BCUT2D eigenvalue weighted by Gasteiger charge is -2.21. The van der Waals surface area contributed by atoms with Gasteiger partial charge in [-0.1, -0.05) is 25.3 Å². The summed E-state index contributed by atoms with van der Waals surface area (Å²) >= 11 is 0. The molecule has 25 heavy (non-hydrogen) atoms. The molecule has 2 aliphatic rings. The highest BCUT2D eigenvalue weighted by Gasteiger charge is 2.24. The summed E-state index contributed by atoms with van der Waals surface area (Å²) in [6, 6.07) is 10.4. The Balaban J connectivity index is 1.38. The largest absolute Gasteiger partial charge is 0.379 e. The Morgan fingerprint density at radius 2 is 2.00 bits per heavy atom. The Morgan fingerprint density at radius 1 is 1.16 bits per heavy atom. The number of carbonyl (C=O) groups is 1. The fourth-order valence-corrected chi connectivity index (χ4v) is 3.99. The summed E-state index contributed by atoms with van der Waals surface area (Å²) in [4.78, 5) is 18.3. The zero-order chi connectivity index (χ0) is 17.2. The summed E-state index contributed by atoms with van der Waals surface area (Å²) < 4.78 is 0. The van der Waals surface area contributed by atoms with Gasteiger partial charge in [-0.25, -0.2) is 0 Å². The summed E-state index contributed by atoms with van der Waals surface area (Å²) in [5, 5.41) is 3.43. The lowest BCUT2D eigenvalue weighted by molar-refractivity contribution is 0.0816. The zero-order valence-electron chi connectivity index (χ0n) is 14.8. The average Bonchev–Trinajstić information content (AvgIpc) is 2.95. The molecule has 1 N–H and O–H groups in total. The molecule has 1 aromatic heterocycles. The van der Waals surface area contributed by atoms with Gasteiger partial charge in [0, 0.05) is 31.0 Å². The van der Waals surface area contributed by atoms with E-state index in [1.807, 2.05) is 19.2 Å². The Labute approximate surface area is 149 Å². The molecule has 0 spiro atoms. The van der Waals surface area contributed by atoms with Crippen LogP contribution in [0, 0.1) is 0 Å². The molecule has 1 amide bonds. The number of nitrogens with one attached hydrogen (secondary N) is 1. The van der Waals surface area contributed by atoms with Crippen LogP contribution >= 0.6 is 0 Å². The first-order valence-corrected chi connectivity index (χ1v) is 9.28. The summed E-state index contributed by atoms with van der Waals surface area (Å²) in [7, 11) is 1.84. The number of aromatic nitrogens is 1. The van der Waals surface area contributed by atoms with Gasteiger partial charge in [0.15, 0.2) is 0 Å². The van der Waals surface area contributed by atoms with Gasteiger partial charge in [-0.3, -0.25) is 9.78 Å². The maximum Gasteiger partial charge on any atom is 0.254 e. The fourth-order valence-electron chi connectivity index (χ4n) is 3.99. The monoisotopic (exact) mass is 335 g/mol. The van der Waals surface area contributed by atoms with Crippen molar-refractivity contribution in [2.24, 2.45) is 0 Å². The van der Waals surface area contributed by atoms with E-state index in [9.17, 15) is 4.79 Å². The van der Waals surface area contributed by atoms with Crippen molar-refractivity contribution in [3.63, 3.8) is 0 Å². The van der Waals surface area contributed by atoms with Gasteiger partial charge in [-0.15, -0.1) is 0 Å². The molecule has 4 heteroatoms. The van der Waals surface area contributed by atoms with Crippen LogP contribution in [0.1, 0.15) is 65.2 Å².